The number of thioether (sulfide) groups is 1. The van der Waals surface area contributed by atoms with Gasteiger partial charge in [-0.2, -0.15) is 11.8 Å². The van der Waals surface area contributed by atoms with Crippen molar-refractivity contribution in [2.75, 3.05) is 37.5 Å². The number of hydrogen-bond donors (Lipinski definition) is 2. The molecule has 0 bridgehead atoms. The van der Waals surface area contributed by atoms with Crippen LogP contribution in [0, 0.1) is 0 Å². The maximum Gasteiger partial charge on any atom is 0.226 e. The molecule has 0 spiro atoms. The first kappa shape index (κ1) is 16.8. The minimum absolute atomic E-state index is 0.0251. The van der Waals surface area contributed by atoms with Gasteiger partial charge < -0.3 is 15.5 Å². The fourth-order valence-electron chi connectivity index (χ4n) is 2.23. The molecule has 2 amide bonds. The third-order valence-electron chi connectivity index (χ3n) is 3.52. The van der Waals surface area contributed by atoms with Crippen molar-refractivity contribution in [1.29, 1.82) is 0 Å². The topological polar surface area (TPSA) is 61.4 Å². The smallest absolute Gasteiger partial charge is 0.226 e. The molecule has 1 aliphatic heterocycles. The summed E-state index contributed by atoms with van der Waals surface area (Å²) in [6.45, 7) is 0.969. The summed E-state index contributed by atoms with van der Waals surface area (Å²) in [6.07, 6.45) is 0.873. The highest BCUT2D eigenvalue weighted by Crippen LogP contribution is 2.13. The van der Waals surface area contributed by atoms with Crippen LogP contribution in [0.2, 0.25) is 0 Å². The number of amides is 2. The Hall–Kier alpha value is -1.53. The Morgan fingerprint density at radius 2 is 2.05 bits per heavy atom. The minimum atomic E-state index is 0.0251. The molecule has 1 atom stereocenters. The zero-order chi connectivity index (χ0) is 15.9. The van der Waals surface area contributed by atoms with Crippen LogP contribution in [0.25, 0.3) is 0 Å². The second-order valence-electron chi connectivity index (χ2n) is 5.64. The molecule has 1 heterocycles. The number of anilines is 1. The fourth-order valence-corrected chi connectivity index (χ4v) is 3.17. The van der Waals surface area contributed by atoms with Gasteiger partial charge in [-0.05, 0) is 17.7 Å². The Kier molecular flexibility index (Phi) is 6.27. The number of nitrogens with zero attached hydrogens (tertiary/aromatic N) is 1. The molecule has 0 aromatic heterocycles. The summed E-state index contributed by atoms with van der Waals surface area (Å²) in [5.74, 6) is 2.19. The van der Waals surface area contributed by atoms with E-state index in [9.17, 15) is 9.59 Å². The van der Waals surface area contributed by atoms with Gasteiger partial charge in [0.2, 0.25) is 11.8 Å². The van der Waals surface area contributed by atoms with Gasteiger partial charge in [-0.25, -0.2) is 0 Å². The lowest BCUT2D eigenvalue weighted by Gasteiger charge is -2.22. The van der Waals surface area contributed by atoms with Gasteiger partial charge in [-0.3, -0.25) is 9.59 Å². The summed E-state index contributed by atoms with van der Waals surface area (Å²) in [7, 11) is 3.49. The predicted octanol–water partition coefficient (Wildman–Crippen LogP) is 1.35. The Morgan fingerprint density at radius 3 is 2.64 bits per heavy atom. The number of likely N-dealkylation sites (N-methyl/N-ethyl adjacent to an activating group) is 1. The molecule has 120 valence electrons. The summed E-state index contributed by atoms with van der Waals surface area (Å²) in [6, 6.07) is 7.71. The van der Waals surface area contributed by atoms with Gasteiger partial charge in [0.1, 0.15) is 0 Å². The van der Waals surface area contributed by atoms with Crippen molar-refractivity contribution in [3.05, 3.63) is 29.8 Å². The molecule has 1 aromatic carbocycles. The van der Waals surface area contributed by atoms with Crippen LogP contribution in [-0.2, 0) is 16.0 Å². The van der Waals surface area contributed by atoms with E-state index >= 15 is 0 Å². The Morgan fingerprint density at radius 1 is 1.32 bits per heavy atom. The predicted molar refractivity (Wildman–Crippen MR) is 91.2 cm³/mol. The van der Waals surface area contributed by atoms with E-state index in [1.807, 2.05) is 36.0 Å². The fraction of sp³-hybridized carbons (Fsp3) is 0.500. The van der Waals surface area contributed by atoms with Crippen molar-refractivity contribution in [2.45, 2.75) is 18.9 Å². The van der Waals surface area contributed by atoms with Crippen LogP contribution in [0.3, 0.4) is 0 Å². The molecule has 0 aliphatic carbocycles. The van der Waals surface area contributed by atoms with Crippen LogP contribution in [-0.4, -0.2) is 54.9 Å². The van der Waals surface area contributed by atoms with Crippen molar-refractivity contribution in [1.82, 2.24) is 10.2 Å². The van der Waals surface area contributed by atoms with Crippen LogP contribution in [0.4, 0.5) is 5.69 Å². The van der Waals surface area contributed by atoms with Crippen LogP contribution in [0.5, 0.6) is 0 Å². The largest absolute Gasteiger partial charge is 0.349 e. The molecule has 5 nitrogen and oxygen atoms in total. The first-order valence-corrected chi connectivity index (χ1v) is 8.60. The maximum absolute atomic E-state index is 12.0. The van der Waals surface area contributed by atoms with E-state index in [0.29, 0.717) is 12.8 Å². The van der Waals surface area contributed by atoms with E-state index in [2.05, 4.69) is 10.6 Å². The van der Waals surface area contributed by atoms with Gasteiger partial charge in [0.05, 0.1) is 6.42 Å². The maximum atomic E-state index is 12.0. The molecule has 1 unspecified atom stereocenters. The molecule has 1 saturated heterocycles. The van der Waals surface area contributed by atoms with E-state index in [0.717, 1.165) is 29.3 Å². The molecule has 1 aromatic rings. The highest BCUT2D eigenvalue weighted by atomic mass is 32.2. The summed E-state index contributed by atoms with van der Waals surface area (Å²) in [4.78, 5) is 25.2. The van der Waals surface area contributed by atoms with Crippen molar-refractivity contribution < 1.29 is 9.59 Å². The second-order valence-corrected chi connectivity index (χ2v) is 6.79. The number of nitrogens with one attached hydrogen (secondary N) is 2. The lowest BCUT2D eigenvalue weighted by atomic mass is 10.1. The highest BCUT2D eigenvalue weighted by molar-refractivity contribution is 7.99. The average molecular weight is 321 g/mol. The van der Waals surface area contributed by atoms with Gasteiger partial charge in [0, 0.05) is 50.3 Å². The first-order valence-electron chi connectivity index (χ1n) is 7.44. The number of benzene rings is 1. The van der Waals surface area contributed by atoms with Crippen LogP contribution in [0.1, 0.15) is 12.0 Å². The van der Waals surface area contributed by atoms with Crippen molar-refractivity contribution in [3.63, 3.8) is 0 Å². The molecule has 6 heteroatoms. The number of rotatable bonds is 5. The van der Waals surface area contributed by atoms with Crippen molar-refractivity contribution >= 4 is 29.3 Å². The molecule has 1 fully saturated rings. The van der Waals surface area contributed by atoms with E-state index in [4.69, 9.17) is 0 Å². The van der Waals surface area contributed by atoms with Gasteiger partial charge in [-0.15, -0.1) is 0 Å². The molecular formula is C16H23N3O2S. The third-order valence-corrected chi connectivity index (χ3v) is 4.65. The van der Waals surface area contributed by atoms with Crippen LogP contribution >= 0.6 is 11.8 Å². The van der Waals surface area contributed by atoms with Crippen LogP contribution < -0.4 is 10.6 Å². The van der Waals surface area contributed by atoms with E-state index in [1.165, 1.54) is 0 Å². The number of carbonyl (C=O) groups excluding carboxylic acids is 2. The lowest BCUT2D eigenvalue weighted by Crippen LogP contribution is -2.39. The Bertz CT molecular complexity index is 511. The summed E-state index contributed by atoms with van der Waals surface area (Å²) in [5.41, 5.74) is 1.72. The molecule has 22 heavy (non-hydrogen) atoms. The first-order chi connectivity index (χ1) is 10.5. The standard InChI is InChI=1S/C16H23N3O2S/c1-19(2)16(21)9-12-3-5-13(6-4-12)18-15(20)10-14-11-22-8-7-17-14/h3-6,14,17H,7-11H2,1-2H3,(H,18,20). The number of carbonyl (C=O) groups is 2. The average Bonchev–Trinajstić information content (AvgIpc) is 2.50. The third kappa shape index (κ3) is 5.35. The van der Waals surface area contributed by atoms with Gasteiger partial charge in [0.15, 0.2) is 0 Å². The van der Waals surface area contributed by atoms with Gasteiger partial charge >= 0.3 is 0 Å². The monoisotopic (exact) mass is 321 g/mol. The normalized spacial score (nSPS) is 17.8. The second kappa shape index (κ2) is 8.19. The number of hydrogen-bond acceptors (Lipinski definition) is 4. The molecule has 0 saturated carbocycles. The van der Waals surface area contributed by atoms with Gasteiger partial charge in [0.25, 0.3) is 0 Å². The summed E-state index contributed by atoms with van der Waals surface area (Å²) >= 11 is 1.88. The van der Waals surface area contributed by atoms with E-state index < -0.39 is 0 Å². The molecular weight excluding hydrogens is 298 g/mol. The molecule has 0 radical (unpaired) electrons. The SMILES string of the molecule is CN(C)C(=O)Cc1ccc(NC(=O)CC2CSCCN2)cc1. The molecule has 2 N–H and O–H groups in total. The van der Waals surface area contributed by atoms with E-state index in [1.54, 1.807) is 19.0 Å². The van der Waals surface area contributed by atoms with Crippen molar-refractivity contribution in [2.24, 2.45) is 0 Å². The zero-order valence-electron chi connectivity index (χ0n) is 13.1. The van der Waals surface area contributed by atoms with Gasteiger partial charge in [-0.1, -0.05) is 12.1 Å². The lowest BCUT2D eigenvalue weighted by molar-refractivity contribution is -0.128. The van der Waals surface area contributed by atoms with Crippen LogP contribution in [0.15, 0.2) is 24.3 Å². The quantitative estimate of drug-likeness (QED) is 0.859. The Balaban J connectivity index is 1.82. The Labute approximate surface area is 135 Å². The summed E-state index contributed by atoms with van der Waals surface area (Å²) < 4.78 is 0. The van der Waals surface area contributed by atoms with E-state index in [-0.39, 0.29) is 17.9 Å². The molecule has 1 aliphatic rings. The highest BCUT2D eigenvalue weighted by Gasteiger charge is 2.16. The van der Waals surface area contributed by atoms with Crippen molar-refractivity contribution in [3.8, 4) is 0 Å². The molecule has 2 rings (SSSR count). The minimum Gasteiger partial charge on any atom is -0.349 e. The summed E-state index contributed by atoms with van der Waals surface area (Å²) in [5, 5.41) is 6.26. The zero-order valence-corrected chi connectivity index (χ0v) is 13.9.